The fourth-order valence-corrected chi connectivity index (χ4v) is 2.22. The molecule has 2 heterocycles. The van der Waals surface area contributed by atoms with Gasteiger partial charge < -0.3 is 0 Å². The lowest BCUT2D eigenvalue weighted by Crippen LogP contribution is -2.25. The molecule has 0 aliphatic heterocycles. The SMILES string of the molecule is Cc1cccc2ccn3cc[n+](C)c3c12. The molecule has 1 aromatic carbocycles. The number of aryl methyl sites for hydroxylation is 2. The topological polar surface area (TPSA) is 8.29 Å². The van der Waals surface area contributed by atoms with Gasteiger partial charge in [0.1, 0.15) is 12.4 Å². The van der Waals surface area contributed by atoms with E-state index in [1.807, 2.05) is 0 Å². The number of imidazole rings is 1. The van der Waals surface area contributed by atoms with E-state index in [1.54, 1.807) is 0 Å². The molecular formula is C13H13N2+. The fourth-order valence-electron chi connectivity index (χ4n) is 2.22. The van der Waals surface area contributed by atoms with Gasteiger partial charge in [-0.05, 0) is 23.9 Å². The molecule has 0 saturated heterocycles. The van der Waals surface area contributed by atoms with Crippen molar-refractivity contribution < 1.29 is 4.57 Å². The van der Waals surface area contributed by atoms with Crippen LogP contribution in [0.1, 0.15) is 5.56 Å². The fraction of sp³-hybridized carbons (Fsp3) is 0.154. The van der Waals surface area contributed by atoms with Crippen molar-refractivity contribution in [3.8, 4) is 0 Å². The first-order valence-corrected chi connectivity index (χ1v) is 5.12. The molecule has 2 heteroatoms. The Morgan fingerprint density at radius 3 is 2.87 bits per heavy atom. The average Bonchev–Trinajstić information content (AvgIpc) is 2.61. The third kappa shape index (κ3) is 1.08. The molecule has 0 amide bonds. The zero-order valence-electron chi connectivity index (χ0n) is 8.94. The zero-order valence-corrected chi connectivity index (χ0v) is 8.94. The van der Waals surface area contributed by atoms with Crippen LogP contribution in [0.5, 0.6) is 0 Å². The molecule has 2 aromatic heterocycles. The van der Waals surface area contributed by atoms with Crippen molar-refractivity contribution in [3.63, 3.8) is 0 Å². The molecule has 0 aliphatic carbocycles. The van der Waals surface area contributed by atoms with Crippen molar-refractivity contribution in [2.24, 2.45) is 7.05 Å². The second kappa shape index (κ2) is 2.83. The minimum atomic E-state index is 1.26. The predicted octanol–water partition coefficient (Wildman–Crippen LogP) is 2.23. The van der Waals surface area contributed by atoms with E-state index < -0.39 is 0 Å². The number of hydrogen-bond donors (Lipinski definition) is 0. The Morgan fingerprint density at radius 1 is 1.13 bits per heavy atom. The van der Waals surface area contributed by atoms with Crippen LogP contribution in [-0.4, -0.2) is 4.40 Å². The summed E-state index contributed by atoms with van der Waals surface area (Å²) in [6.07, 6.45) is 6.28. The summed E-state index contributed by atoms with van der Waals surface area (Å²) in [5, 5.41) is 2.64. The van der Waals surface area contributed by atoms with Crippen LogP contribution in [0, 0.1) is 6.92 Å². The van der Waals surface area contributed by atoms with E-state index in [0.717, 1.165) is 0 Å². The molecule has 74 valence electrons. The van der Waals surface area contributed by atoms with Crippen LogP contribution >= 0.6 is 0 Å². The van der Waals surface area contributed by atoms with Crippen LogP contribution < -0.4 is 4.57 Å². The molecule has 0 unspecified atom stereocenters. The minimum Gasteiger partial charge on any atom is -0.232 e. The maximum atomic E-state index is 2.16. The van der Waals surface area contributed by atoms with Gasteiger partial charge in [-0.25, -0.2) is 8.97 Å². The Balaban J connectivity index is 2.68. The summed E-state index contributed by atoms with van der Waals surface area (Å²) < 4.78 is 4.32. The van der Waals surface area contributed by atoms with E-state index in [0.29, 0.717) is 0 Å². The average molecular weight is 197 g/mol. The van der Waals surface area contributed by atoms with Crippen LogP contribution in [0.15, 0.2) is 42.9 Å². The van der Waals surface area contributed by atoms with Gasteiger partial charge in [-0.15, -0.1) is 0 Å². The predicted molar refractivity (Wildman–Crippen MR) is 60.8 cm³/mol. The van der Waals surface area contributed by atoms with Gasteiger partial charge in [0, 0.05) is 0 Å². The van der Waals surface area contributed by atoms with Crippen LogP contribution in [0.2, 0.25) is 0 Å². The Bertz CT molecular complexity index is 650. The number of fused-ring (bicyclic) bond motifs is 3. The van der Waals surface area contributed by atoms with Crippen LogP contribution in [0.4, 0.5) is 0 Å². The lowest BCUT2D eigenvalue weighted by molar-refractivity contribution is -0.643. The van der Waals surface area contributed by atoms with Crippen molar-refractivity contribution in [2.75, 3.05) is 0 Å². The maximum Gasteiger partial charge on any atom is 0.294 e. The van der Waals surface area contributed by atoms with Crippen molar-refractivity contribution in [3.05, 3.63) is 48.4 Å². The van der Waals surface area contributed by atoms with Gasteiger partial charge in [-0.2, -0.15) is 0 Å². The quantitative estimate of drug-likeness (QED) is 0.488. The molecule has 0 atom stereocenters. The van der Waals surface area contributed by atoms with E-state index >= 15 is 0 Å². The Hall–Kier alpha value is -1.83. The lowest BCUT2D eigenvalue weighted by atomic mass is 10.1. The summed E-state index contributed by atoms with van der Waals surface area (Å²) in [4.78, 5) is 0. The third-order valence-electron chi connectivity index (χ3n) is 2.97. The summed E-state index contributed by atoms with van der Waals surface area (Å²) in [5.41, 5.74) is 2.58. The van der Waals surface area contributed by atoms with Crippen molar-refractivity contribution in [2.45, 2.75) is 6.92 Å². The van der Waals surface area contributed by atoms with Crippen LogP contribution in [0.25, 0.3) is 16.4 Å². The molecule has 15 heavy (non-hydrogen) atoms. The van der Waals surface area contributed by atoms with Crippen LogP contribution in [-0.2, 0) is 7.05 Å². The Labute approximate surface area is 88.4 Å². The summed E-state index contributed by atoms with van der Waals surface area (Å²) in [7, 11) is 2.08. The molecule has 3 rings (SSSR count). The molecule has 0 N–H and O–H groups in total. The van der Waals surface area contributed by atoms with Gasteiger partial charge >= 0.3 is 0 Å². The Kier molecular flexibility index (Phi) is 1.60. The largest absolute Gasteiger partial charge is 0.294 e. The first kappa shape index (κ1) is 8.48. The molecule has 2 nitrogen and oxygen atoms in total. The highest BCUT2D eigenvalue weighted by molar-refractivity contribution is 5.95. The molecular weight excluding hydrogens is 184 g/mol. The van der Waals surface area contributed by atoms with Gasteiger partial charge in [0.25, 0.3) is 5.65 Å². The summed E-state index contributed by atoms with van der Waals surface area (Å²) in [6, 6.07) is 8.59. The van der Waals surface area contributed by atoms with Gasteiger partial charge in [-0.3, -0.25) is 0 Å². The van der Waals surface area contributed by atoms with E-state index in [2.05, 4.69) is 65.8 Å². The smallest absolute Gasteiger partial charge is 0.232 e. The monoisotopic (exact) mass is 197 g/mol. The highest BCUT2D eigenvalue weighted by atomic mass is 15.1. The number of nitrogens with zero attached hydrogens (tertiary/aromatic N) is 2. The van der Waals surface area contributed by atoms with E-state index in [-0.39, 0.29) is 0 Å². The van der Waals surface area contributed by atoms with E-state index in [1.165, 1.54) is 22.0 Å². The first-order valence-electron chi connectivity index (χ1n) is 5.12. The molecule has 0 radical (unpaired) electrons. The second-order valence-corrected chi connectivity index (χ2v) is 3.99. The number of aromatic nitrogens is 2. The first-order chi connectivity index (χ1) is 7.27. The standard InChI is InChI=1S/C13H13N2/c1-10-4-3-5-11-6-7-15-9-8-14(2)13(15)12(10)11/h3-9H,1-2H3/q+1. The normalized spacial score (nSPS) is 11.3. The second-order valence-electron chi connectivity index (χ2n) is 3.99. The molecule has 0 spiro atoms. The van der Waals surface area contributed by atoms with Gasteiger partial charge in [0.15, 0.2) is 0 Å². The summed E-state index contributed by atoms with van der Waals surface area (Å²) >= 11 is 0. The lowest BCUT2D eigenvalue weighted by Gasteiger charge is -2.00. The molecule has 0 saturated carbocycles. The Morgan fingerprint density at radius 2 is 2.00 bits per heavy atom. The number of pyridine rings is 1. The zero-order chi connectivity index (χ0) is 10.4. The highest BCUT2D eigenvalue weighted by Crippen LogP contribution is 2.21. The van der Waals surface area contributed by atoms with Crippen molar-refractivity contribution in [1.29, 1.82) is 0 Å². The minimum absolute atomic E-state index is 1.26. The van der Waals surface area contributed by atoms with Gasteiger partial charge in [-0.1, -0.05) is 18.2 Å². The number of hydrogen-bond acceptors (Lipinski definition) is 0. The summed E-state index contributed by atoms with van der Waals surface area (Å²) in [5.74, 6) is 0. The van der Waals surface area contributed by atoms with E-state index in [4.69, 9.17) is 0 Å². The summed E-state index contributed by atoms with van der Waals surface area (Å²) in [6.45, 7) is 2.16. The van der Waals surface area contributed by atoms with Gasteiger partial charge in [0.2, 0.25) is 0 Å². The molecule has 3 aromatic rings. The van der Waals surface area contributed by atoms with Crippen molar-refractivity contribution in [1.82, 2.24) is 4.40 Å². The maximum absolute atomic E-state index is 2.16. The number of rotatable bonds is 0. The molecule has 0 fully saturated rings. The van der Waals surface area contributed by atoms with Crippen molar-refractivity contribution >= 4 is 16.4 Å². The molecule has 0 bridgehead atoms. The number of benzene rings is 1. The highest BCUT2D eigenvalue weighted by Gasteiger charge is 2.12. The molecule has 0 aliphatic rings. The van der Waals surface area contributed by atoms with E-state index in [9.17, 15) is 0 Å². The third-order valence-corrected chi connectivity index (χ3v) is 2.97. The van der Waals surface area contributed by atoms with Crippen LogP contribution in [0.3, 0.4) is 0 Å². The van der Waals surface area contributed by atoms with Gasteiger partial charge in [0.05, 0.1) is 18.6 Å².